The van der Waals surface area contributed by atoms with E-state index in [0.717, 1.165) is 6.54 Å². The lowest BCUT2D eigenvalue weighted by Crippen LogP contribution is -2.27. The molecule has 0 aliphatic heterocycles. The number of nitrogens with one attached hydrogen (secondary N) is 1. The molecule has 4 nitrogen and oxygen atoms in total. The average Bonchev–Trinajstić information content (AvgIpc) is 2.65. The molecule has 1 saturated carbocycles. The van der Waals surface area contributed by atoms with Crippen molar-refractivity contribution in [2.24, 2.45) is 17.6 Å². The molecule has 0 saturated heterocycles. The van der Waals surface area contributed by atoms with E-state index in [1.165, 1.54) is 19.3 Å². The first-order valence-electron chi connectivity index (χ1n) is 5.26. The molecule has 1 fully saturated rings. The van der Waals surface area contributed by atoms with Crippen molar-refractivity contribution < 1.29 is 9.53 Å². The lowest BCUT2D eigenvalue weighted by Gasteiger charge is -2.17. The normalized spacial score (nSPS) is 26.4. The van der Waals surface area contributed by atoms with Gasteiger partial charge in [-0.3, -0.25) is 4.79 Å². The summed E-state index contributed by atoms with van der Waals surface area (Å²) in [5.41, 5.74) is 5.65. The summed E-state index contributed by atoms with van der Waals surface area (Å²) in [6.07, 6.45) is 3.65. The van der Waals surface area contributed by atoms with Gasteiger partial charge in [-0.15, -0.1) is 0 Å². The Kier molecular flexibility index (Phi) is 4.90. The van der Waals surface area contributed by atoms with Crippen molar-refractivity contribution >= 4 is 5.91 Å². The van der Waals surface area contributed by atoms with Crippen LogP contribution in [0.15, 0.2) is 0 Å². The standard InChI is InChI=1S/C10H20N2O2/c1-12-10(13)7-14-6-9-4-2-3-8(9)5-11/h8-9H,2-7,11H2,1H3,(H,12,13). The highest BCUT2D eigenvalue weighted by Gasteiger charge is 2.25. The number of carbonyl (C=O) groups is 1. The predicted molar refractivity (Wildman–Crippen MR) is 54.8 cm³/mol. The number of likely N-dealkylation sites (N-methyl/N-ethyl adjacent to an activating group) is 1. The maximum Gasteiger partial charge on any atom is 0.245 e. The Labute approximate surface area is 85.2 Å². The van der Waals surface area contributed by atoms with Crippen LogP contribution in [0, 0.1) is 11.8 Å². The zero-order chi connectivity index (χ0) is 10.4. The monoisotopic (exact) mass is 200 g/mol. The maximum atomic E-state index is 10.9. The van der Waals surface area contributed by atoms with Gasteiger partial charge in [-0.1, -0.05) is 6.42 Å². The minimum atomic E-state index is -0.0627. The summed E-state index contributed by atoms with van der Waals surface area (Å²) < 4.78 is 5.33. The molecule has 2 atom stereocenters. The number of carbonyl (C=O) groups excluding carboxylic acids is 1. The maximum absolute atomic E-state index is 10.9. The second-order valence-electron chi connectivity index (χ2n) is 3.88. The number of hydrogen-bond acceptors (Lipinski definition) is 3. The van der Waals surface area contributed by atoms with Crippen molar-refractivity contribution in [1.82, 2.24) is 5.32 Å². The molecule has 14 heavy (non-hydrogen) atoms. The number of ether oxygens (including phenoxy) is 1. The van der Waals surface area contributed by atoms with E-state index in [2.05, 4.69) is 5.32 Å². The Morgan fingerprint density at radius 1 is 1.50 bits per heavy atom. The molecule has 0 aromatic carbocycles. The topological polar surface area (TPSA) is 64.3 Å². The largest absolute Gasteiger partial charge is 0.371 e. The minimum Gasteiger partial charge on any atom is -0.371 e. The Bertz CT molecular complexity index is 185. The van der Waals surface area contributed by atoms with Crippen molar-refractivity contribution in [3.05, 3.63) is 0 Å². The van der Waals surface area contributed by atoms with Crippen LogP contribution < -0.4 is 11.1 Å². The molecule has 3 N–H and O–H groups in total. The molecule has 0 aromatic heterocycles. The third-order valence-corrected chi connectivity index (χ3v) is 2.96. The SMILES string of the molecule is CNC(=O)COCC1CCCC1CN. The van der Waals surface area contributed by atoms with E-state index >= 15 is 0 Å². The lowest BCUT2D eigenvalue weighted by atomic mass is 9.97. The number of hydrogen-bond donors (Lipinski definition) is 2. The average molecular weight is 200 g/mol. The number of nitrogens with two attached hydrogens (primary N) is 1. The minimum absolute atomic E-state index is 0.0627. The summed E-state index contributed by atoms with van der Waals surface area (Å²) in [6, 6.07) is 0. The van der Waals surface area contributed by atoms with Gasteiger partial charge >= 0.3 is 0 Å². The Hall–Kier alpha value is -0.610. The van der Waals surface area contributed by atoms with Gasteiger partial charge in [0.05, 0.1) is 6.61 Å². The molecule has 4 heteroatoms. The molecule has 2 unspecified atom stereocenters. The number of amides is 1. The lowest BCUT2D eigenvalue weighted by molar-refractivity contribution is -0.125. The van der Waals surface area contributed by atoms with E-state index < -0.39 is 0 Å². The highest BCUT2D eigenvalue weighted by Crippen LogP contribution is 2.30. The Morgan fingerprint density at radius 3 is 2.86 bits per heavy atom. The summed E-state index contributed by atoms with van der Waals surface area (Å²) in [7, 11) is 1.62. The van der Waals surface area contributed by atoms with E-state index in [4.69, 9.17) is 10.5 Å². The predicted octanol–water partition coefficient (Wildman–Crippen LogP) is 0.124. The zero-order valence-electron chi connectivity index (χ0n) is 8.79. The highest BCUT2D eigenvalue weighted by molar-refractivity contribution is 5.76. The summed E-state index contributed by atoms with van der Waals surface area (Å²) in [6.45, 7) is 1.59. The van der Waals surface area contributed by atoms with Crippen LogP contribution in [0.4, 0.5) is 0 Å². The van der Waals surface area contributed by atoms with E-state index in [0.29, 0.717) is 18.4 Å². The van der Waals surface area contributed by atoms with E-state index in [1.807, 2.05) is 0 Å². The first-order valence-corrected chi connectivity index (χ1v) is 5.26. The van der Waals surface area contributed by atoms with Crippen molar-refractivity contribution in [2.75, 3.05) is 26.8 Å². The van der Waals surface area contributed by atoms with Gasteiger partial charge in [0.2, 0.25) is 5.91 Å². The van der Waals surface area contributed by atoms with Crippen LogP contribution in [0.25, 0.3) is 0 Å². The third kappa shape index (κ3) is 3.27. The van der Waals surface area contributed by atoms with Crippen LogP contribution >= 0.6 is 0 Å². The second-order valence-corrected chi connectivity index (χ2v) is 3.88. The van der Waals surface area contributed by atoms with Crippen molar-refractivity contribution in [2.45, 2.75) is 19.3 Å². The third-order valence-electron chi connectivity index (χ3n) is 2.96. The second kappa shape index (κ2) is 5.98. The first-order chi connectivity index (χ1) is 6.77. The molecule has 0 radical (unpaired) electrons. The summed E-state index contributed by atoms with van der Waals surface area (Å²) in [5.74, 6) is 1.09. The summed E-state index contributed by atoms with van der Waals surface area (Å²) >= 11 is 0. The smallest absolute Gasteiger partial charge is 0.245 e. The fourth-order valence-electron chi connectivity index (χ4n) is 2.02. The van der Waals surface area contributed by atoms with Crippen LogP contribution in [0.1, 0.15) is 19.3 Å². The van der Waals surface area contributed by atoms with Gasteiger partial charge in [0.25, 0.3) is 0 Å². The first kappa shape index (κ1) is 11.5. The summed E-state index contributed by atoms with van der Waals surface area (Å²) in [4.78, 5) is 10.9. The van der Waals surface area contributed by atoms with Crippen LogP contribution in [0.3, 0.4) is 0 Å². The van der Waals surface area contributed by atoms with Gasteiger partial charge in [0.1, 0.15) is 6.61 Å². The molecule has 0 bridgehead atoms. The van der Waals surface area contributed by atoms with E-state index in [1.54, 1.807) is 7.05 Å². The molecule has 1 aliphatic rings. The number of rotatable bonds is 5. The quantitative estimate of drug-likeness (QED) is 0.662. The zero-order valence-corrected chi connectivity index (χ0v) is 8.79. The fourth-order valence-corrected chi connectivity index (χ4v) is 2.02. The van der Waals surface area contributed by atoms with E-state index in [-0.39, 0.29) is 12.5 Å². The Morgan fingerprint density at radius 2 is 2.21 bits per heavy atom. The van der Waals surface area contributed by atoms with Gasteiger partial charge in [-0.05, 0) is 31.2 Å². The van der Waals surface area contributed by atoms with Gasteiger partial charge in [0, 0.05) is 7.05 Å². The molecule has 0 heterocycles. The van der Waals surface area contributed by atoms with Gasteiger partial charge in [-0.2, -0.15) is 0 Å². The summed E-state index contributed by atoms with van der Waals surface area (Å²) in [5, 5.41) is 2.53. The van der Waals surface area contributed by atoms with Crippen LogP contribution in [0.5, 0.6) is 0 Å². The van der Waals surface area contributed by atoms with Crippen molar-refractivity contribution in [3.63, 3.8) is 0 Å². The van der Waals surface area contributed by atoms with Gasteiger partial charge < -0.3 is 15.8 Å². The van der Waals surface area contributed by atoms with Crippen LogP contribution in [-0.2, 0) is 9.53 Å². The van der Waals surface area contributed by atoms with Crippen molar-refractivity contribution in [3.8, 4) is 0 Å². The molecule has 1 amide bonds. The molecular weight excluding hydrogens is 180 g/mol. The molecule has 1 aliphatic carbocycles. The van der Waals surface area contributed by atoms with Crippen LogP contribution in [-0.4, -0.2) is 32.7 Å². The highest BCUT2D eigenvalue weighted by atomic mass is 16.5. The van der Waals surface area contributed by atoms with Gasteiger partial charge in [0.15, 0.2) is 0 Å². The molecule has 0 spiro atoms. The molecule has 0 aromatic rings. The molecular formula is C10H20N2O2. The van der Waals surface area contributed by atoms with Crippen molar-refractivity contribution in [1.29, 1.82) is 0 Å². The molecule has 1 rings (SSSR count). The molecule has 82 valence electrons. The Balaban J connectivity index is 2.14. The van der Waals surface area contributed by atoms with Gasteiger partial charge in [-0.25, -0.2) is 0 Å². The van der Waals surface area contributed by atoms with Crippen LogP contribution in [0.2, 0.25) is 0 Å². The fraction of sp³-hybridized carbons (Fsp3) is 0.900. The van der Waals surface area contributed by atoms with E-state index in [9.17, 15) is 4.79 Å².